The van der Waals surface area contributed by atoms with Crippen LogP contribution in [0.4, 0.5) is 10.5 Å². The Kier molecular flexibility index (Phi) is 4.15. The second-order valence-electron chi connectivity index (χ2n) is 5.12. The topological polar surface area (TPSA) is 114 Å². The summed E-state index contributed by atoms with van der Waals surface area (Å²) in [4.78, 5) is 11.1. The van der Waals surface area contributed by atoms with Crippen molar-refractivity contribution in [3.8, 4) is 23.3 Å². The third-order valence-electron chi connectivity index (χ3n) is 3.62. The van der Waals surface area contributed by atoms with Gasteiger partial charge in [0.1, 0.15) is 12.1 Å². The highest BCUT2D eigenvalue weighted by molar-refractivity contribution is 6.10. The normalized spacial score (nSPS) is 9.84. The molecule has 120 valence electrons. The molecule has 0 radical (unpaired) electrons. The summed E-state index contributed by atoms with van der Waals surface area (Å²) in [5.41, 5.74) is 5.55. The van der Waals surface area contributed by atoms with Crippen molar-refractivity contribution in [3.05, 3.63) is 54.7 Å². The summed E-state index contributed by atoms with van der Waals surface area (Å²) in [7, 11) is 0. The summed E-state index contributed by atoms with van der Waals surface area (Å²) in [5, 5.41) is 30.9. The number of carbonyl (C=O) groups is 1. The molecule has 0 aliphatic heterocycles. The van der Waals surface area contributed by atoms with E-state index in [1.54, 1.807) is 36.4 Å². The maximum atomic E-state index is 11.1. The minimum Gasteiger partial charge on any atom is -0.464 e. The summed E-state index contributed by atoms with van der Waals surface area (Å²) in [6, 6.07) is 17.9. The molecule has 0 aliphatic carbocycles. The zero-order chi connectivity index (χ0) is 17.8. The Morgan fingerprint density at radius 1 is 1.04 bits per heavy atom. The predicted octanol–water partition coefficient (Wildman–Crippen LogP) is 3.65. The van der Waals surface area contributed by atoms with Gasteiger partial charge in [0.2, 0.25) is 5.71 Å². The Labute approximate surface area is 142 Å². The smallest absolute Gasteiger partial charge is 0.415 e. The first-order valence-corrected chi connectivity index (χ1v) is 7.21. The van der Waals surface area contributed by atoms with E-state index < -0.39 is 6.09 Å². The van der Waals surface area contributed by atoms with Gasteiger partial charge in [-0.25, -0.2) is 4.79 Å². The molecular weight excluding hydrogens is 318 g/mol. The number of fused-ring (bicyclic) bond motifs is 1. The molecule has 1 aromatic heterocycles. The van der Waals surface area contributed by atoms with Crippen LogP contribution < -0.4 is 5.43 Å². The molecular formula is C18H11N5O2. The molecule has 0 saturated carbocycles. The molecule has 3 rings (SSSR count). The molecule has 3 aromatic rings. The standard InChI is InChI=1S/C18H11N5O2/c19-10-16(11-20)22-21-15-4-1-12(2-5-15)13-3-6-17-14(9-13)7-8-23(17)18(24)25/h1-9,21H,(H,24,25). The molecule has 2 N–H and O–H groups in total. The molecule has 0 atom stereocenters. The lowest BCUT2D eigenvalue weighted by Gasteiger charge is -2.05. The van der Waals surface area contributed by atoms with E-state index in [2.05, 4.69) is 10.5 Å². The van der Waals surface area contributed by atoms with Crippen LogP contribution in [0.25, 0.3) is 22.0 Å². The Morgan fingerprint density at radius 3 is 2.36 bits per heavy atom. The third kappa shape index (κ3) is 3.16. The fourth-order valence-corrected chi connectivity index (χ4v) is 2.42. The van der Waals surface area contributed by atoms with Crippen LogP contribution in [-0.2, 0) is 0 Å². The minimum absolute atomic E-state index is 0.252. The van der Waals surface area contributed by atoms with Gasteiger partial charge in [-0.05, 0) is 41.5 Å². The average molecular weight is 329 g/mol. The van der Waals surface area contributed by atoms with Crippen molar-refractivity contribution in [2.24, 2.45) is 5.10 Å². The molecule has 0 amide bonds. The van der Waals surface area contributed by atoms with E-state index in [0.717, 1.165) is 16.5 Å². The zero-order valence-electron chi connectivity index (χ0n) is 12.8. The van der Waals surface area contributed by atoms with Gasteiger partial charge in [0, 0.05) is 11.6 Å². The highest BCUT2D eigenvalue weighted by Gasteiger charge is 2.08. The van der Waals surface area contributed by atoms with E-state index in [4.69, 9.17) is 15.6 Å². The van der Waals surface area contributed by atoms with Gasteiger partial charge in [0.25, 0.3) is 0 Å². The van der Waals surface area contributed by atoms with Gasteiger partial charge in [-0.2, -0.15) is 15.6 Å². The van der Waals surface area contributed by atoms with Crippen molar-refractivity contribution in [3.63, 3.8) is 0 Å². The first-order valence-electron chi connectivity index (χ1n) is 7.21. The fourth-order valence-electron chi connectivity index (χ4n) is 2.42. The monoisotopic (exact) mass is 329 g/mol. The predicted molar refractivity (Wildman–Crippen MR) is 93.1 cm³/mol. The molecule has 0 fully saturated rings. The van der Waals surface area contributed by atoms with Crippen LogP contribution in [0.15, 0.2) is 59.8 Å². The van der Waals surface area contributed by atoms with Crippen LogP contribution >= 0.6 is 0 Å². The Hall–Kier alpha value is -4.10. The quantitative estimate of drug-likeness (QED) is 0.562. The minimum atomic E-state index is -1.02. The van der Waals surface area contributed by atoms with Gasteiger partial charge in [-0.15, -0.1) is 0 Å². The van der Waals surface area contributed by atoms with Gasteiger partial charge >= 0.3 is 6.09 Å². The van der Waals surface area contributed by atoms with Crippen LogP contribution in [0.2, 0.25) is 0 Å². The van der Waals surface area contributed by atoms with Crippen molar-refractivity contribution >= 4 is 28.4 Å². The van der Waals surface area contributed by atoms with E-state index in [1.807, 2.05) is 24.3 Å². The van der Waals surface area contributed by atoms with Gasteiger partial charge in [0.05, 0.1) is 11.2 Å². The van der Waals surface area contributed by atoms with E-state index in [9.17, 15) is 4.79 Å². The van der Waals surface area contributed by atoms with Gasteiger partial charge in [0.15, 0.2) is 0 Å². The average Bonchev–Trinajstić information content (AvgIpc) is 3.06. The number of anilines is 1. The number of nitrogens with zero attached hydrogens (tertiary/aromatic N) is 4. The number of nitrogens with one attached hydrogen (secondary N) is 1. The lowest BCUT2D eigenvalue weighted by molar-refractivity contribution is 0.197. The highest BCUT2D eigenvalue weighted by atomic mass is 16.4. The molecule has 0 bridgehead atoms. The molecule has 25 heavy (non-hydrogen) atoms. The number of nitriles is 2. The number of hydrazone groups is 1. The first-order chi connectivity index (χ1) is 12.1. The molecule has 7 nitrogen and oxygen atoms in total. The van der Waals surface area contributed by atoms with E-state index in [0.29, 0.717) is 11.2 Å². The van der Waals surface area contributed by atoms with Crippen molar-refractivity contribution in [2.45, 2.75) is 0 Å². The maximum absolute atomic E-state index is 11.1. The van der Waals surface area contributed by atoms with Crippen molar-refractivity contribution in [1.29, 1.82) is 10.5 Å². The van der Waals surface area contributed by atoms with Crippen LogP contribution in [0, 0.1) is 22.7 Å². The molecule has 0 spiro atoms. The molecule has 0 saturated heterocycles. The fraction of sp³-hybridized carbons (Fsp3) is 0. The largest absolute Gasteiger partial charge is 0.464 e. The van der Waals surface area contributed by atoms with Crippen molar-refractivity contribution in [1.82, 2.24) is 4.57 Å². The second-order valence-corrected chi connectivity index (χ2v) is 5.12. The SMILES string of the molecule is N#CC(C#N)=NNc1ccc(-c2ccc3c(ccn3C(=O)O)c2)cc1. The number of carboxylic acid groups (broad SMARTS) is 1. The van der Waals surface area contributed by atoms with Crippen LogP contribution in [-0.4, -0.2) is 21.5 Å². The zero-order valence-corrected chi connectivity index (χ0v) is 12.8. The molecule has 2 aromatic carbocycles. The third-order valence-corrected chi connectivity index (χ3v) is 3.62. The van der Waals surface area contributed by atoms with Gasteiger partial charge < -0.3 is 5.11 Å². The van der Waals surface area contributed by atoms with Crippen LogP contribution in [0.3, 0.4) is 0 Å². The lowest BCUT2D eigenvalue weighted by atomic mass is 10.0. The summed E-state index contributed by atoms with van der Waals surface area (Å²) < 4.78 is 1.17. The van der Waals surface area contributed by atoms with Crippen molar-refractivity contribution in [2.75, 3.05) is 5.43 Å². The van der Waals surface area contributed by atoms with Crippen LogP contribution in [0.5, 0.6) is 0 Å². The molecule has 7 heteroatoms. The number of hydrogen-bond acceptors (Lipinski definition) is 5. The van der Waals surface area contributed by atoms with Crippen molar-refractivity contribution < 1.29 is 9.90 Å². The van der Waals surface area contributed by atoms with Gasteiger partial charge in [-0.1, -0.05) is 18.2 Å². The Morgan fingerprint density at radius 2 is 1.72 bits per heavy atom. The summed E-state index contributed by atoms with van der Waals surface area (Å²) >= 11 is 0. The summed E-state index contributed by atoms with van der Waals surface area (Å²) in [6.45, 7) is 0. The number of hydrogen-bond donors (Lipinski definition) is 2. The molecule has 0 unspecified atom stereocenters. The Bertz CT molecular complexity index is 1050. The second kappa shape index (κ2) is 6.57. The molecule has 0 aliphatic rings. The number of aromatic nitrogens is 1. The first kappa shape index (κ1) is 15.8. The molecule has 1 heterocycles. The summed E-state index contributed by atoms with van der Waals surface area (Å²) in [5.74, 6) is 0. The number of rotatable bonds is 3. The maximum Gasteiger partial charge on any atom is 0.415 e. The van der Waals surface area contributed by atoms with E-state index >= 15 is 0 Å². The van der Waals surface area contributed by atoms with Gasteiger partial charge in [-0.3, -0.25) is 9.99 Å². The number of benzene rings is 2. The summed E-state index contributed by atoms with van der Waals surface area (Å²) in [6.07, 6.45) is 0.497. The van der Waals surface area contributed by atoms with Crippen LogP contribution in [0.1, 0.15) is 0 Å². The lowest BCUT2D eigenvalue weighted by Crippen LogP contribution is -2.05. The van der Waals surface area contributed by atoms with E-state index in [1.165, 1.54) is 10.8 Å². The Balaban J connectivity index is 1.86. The highest BCUT2D eigenvalue weighted by Crippen LogP contribution is 2.26. The van der Waals surface area contributed by atoms with E-state index in [-0.39, 0.29) is 5.71 Å².